The summed E-state index contributed by atoms with van der Waals surface area (Å²) in [6, 6.07) is 14.6. The van der Waals surface area contributed by atoms with E-state index in [4.69, 9.17) is 17.0 Å². The first-order chi connectivity index (χ1) is 12.5. The highest BCUT2D eigenvalue weighted by atomic mass is 32.1. The van der Waals surface area contributed by atoms with Gasteiger partial charge in [-0.1, -0.05) is 12.1 Å². The Balaban J connectivity index is 1.48. The molecule has 2 N–H and O–H groups in total. The Kier molecular flexibility index (Phi) is 5.99. The monoisotopic (exact) mass is 369 g/mol. The molecule has 0 saturated carbocycles. The van der Waals surface area contributed by atoms with E-state index in [1.807, 2.05) is 12.1 Å². The molecular formula is C21H27N3OS. The zero-order valence-electron chi connectivity index (χ0n) is 15.7. The van der Waals surface area contributed by atoms with Crippen LogP contribution < -0.4 is 20.3 Å². The molecule has 138 valence electrons. The van der Waals surface area contributed by atoms with Gasteiger partial charge in [0.25, 0.3) is 0 Å². The summed E-state index contributed by atoms with van der Waals surface area (Å²) in [5, 5.41) is 7.40. The average molecular weight is 370 g/mol. The van der Waals surface area contributed by atoms with Crippen LogP contribution in [0.5, 0.6) is 5.75 Å². The number of hydrogen-bond donors (Lipinski definition) is 2. The Morgan fingerprint density at radius 2 is 1.96 bits per heavy atom. The third-order valence-electron chi connectivity index (χ3n) is 4.92. The van der Waals surface area contributed by atoms with Gasteiger partial charge >= 0.3 is 0 Å². The van der Waals surface area contributed by atoms with Crippen molar-refractivity contribution >= 4 is 28.7 Å². The number of aryl methyl sites for hydroxylation is 2. The number of thiocarbonyl (C=S) groups is 1. The highest BCUT2D eigenvalue weighted by Crippen LogP contribution is 2.25. The van der Waals surface area contributed by atoms with E-state index in [2.05, 4.69) is 59.7 Å². The van der Waals surface area contributed by atoms with Crippen LogP contribution in [-0.2, 0) is 0 Å². The predicted octanol–water partition coefficient (Wildman–Crippen LogP) is 4.12. The summed E-state index contributed by atoms with van der Waals surface area (Å²) in [6.45, 7) is 7.20. The molecule has 0 spiro atoms. The fourth-order valence-electron chi connectivity index (χ4n) is 3.30. The summed E-state index contributed by atoms with van der Waals surface area (Å²) in [5.74, 6) is 1.49. The van der Waals surface area contributed by atoms with Gasteiger partial charge in [0.15, 0.2) is 5.11 Å². The number of nitrogens with one attached hydrogen (secondary N) is 2. The fourth-order valence-corrected chi connectivity index (χ4v) is 3.49. The van der Waals surface area contributed by atoms with Crippen LogP contribution in [0.2, 0.25) is 0 Å². The quantitative estimate of drug-likeness (QED) is 0.775. The normalized spacial score (nSPS) is 16.4. The molecule has 1 heterocycles. The molecule has 1 aliphatic heterocycles. The van der Waals surface area contributed by atoms with Crippen LogP contribution >= 0.6 is 12.2 Å². The van der Waals surface area contributed by atoms with Crippen molar-refractivity contribution in [3.05, 3.63) is 53.6 Å². The SMILES string of the molecule is COc1ccc(N2CC[C@H](CNC(=S)Nc3cc(C)ccc3C)C2)cc1. The Morgan fingerprint density at radius 3 is 2.69 bits per heavy atom. The molecule has 0 aromatic heterocycles. The average Bonchev–Trinajstić information content (AvgIpc) is 3.12. The van der Waals surface area contributed by atoms with Gasteiger partial charge in [-0.25, -0.2) is 0 Å². The second kappa shape index (κ2) is 8.41. The van der Waals surface area contributed by atoms with Crippen molar-refractivity contribution in [3.63, 3.8) is 0 Å². The predicted molar refractivity (Wildman–Crippen MR) is 113 cm³/mol. The smallest absolute Gasteiger partial charge is 0.170 e. The lowest BCUT2D eigenvalue weighted by Gasteiger charge is -2.20. The van der Waals surface area contributed by atoms with Gasteiger partial charge in [0.1, 0.15) is 5.75 Å². The Labute approximate surface area is 161 Å². The molecule has 0 unspecified atom stereocenters. The molecule has 26 heavy (non-hydrogen) atoms. The van der Waals surface area contributed by atoms with Gasteiger partial charge in [-0.15, -0.1) is 0 Å². The molecule has 5 heteroatoms. The first kappa shape index (κ1) is 18.5. The number of rotatable bonds is 5. The maximum absolute atomic E-state index is 5.47. The second-order valence-corrected chi connectivity index (χ2v) is 7.36. The van der Waals surface area contributed by atoms with Crippen LogP contribution in [0.4, 0.5) is 11.4 Å². The molecule has 1 saturated heterocycles. The maximum Gasteiger partial charge on any atom is 0.170 e. The van der Waals surface area contributed by atoms with Crippen molar-refractivity contribution in [2.75, 3.05) is 37.0 Å². The second-order valence-electron chi connectivity index (χ2n) is 6.95. The summed E-state index contributed by atoms with van der Waals surface area (Å²) >= 11 is 5.47. The minimum Gasteiger partial charge on any atom is -0.497 e. The number of anilines is 2. The van der Waals surface area contributed by atoms with E-state index in [-0.39, 0.29) is 0 Å². The number of benzene rings is 2. The van der Waals surface area contributed by atoms with E-state index in [1.165, 1.54) is 23.2 Å². The fraction of sp³-hybridized carbons (Fsp3) is 0.381. The van der Waals surface area contributed by atoms with E-state index >= 15 is 0 Å². The van der Waals surface area contributed by atoms with E-state index < -0.39 is 0 Å². The summed E-state index contributed by atoms with van der Waals surface area (Å²) in [5.41, 5.74) is 4.76. The van der Waals surface area contributed by atoms with Gasteiger partial charge < -0.3 is 20.3 Å². The lowest BCUT2D eigenvalue weighted by Crippen LogP contribution is -2.34. The van der Waals surface area contributed by atoms with Crippen molar-refractivity contribution in [1.82, 2.24) is 5.32 Å². The van der Waals surface area contributed by atoms with Crippen LogP contribution in [0.1, 0.15) is 17.5 Å². The van der Waals surface area contributed by atoms with Gasteiger partial charge in [-0.2, -0.15) is 0 Å². The Hall–Kier alpha value is -2.27. The minimum absolute atomic E-state index is 0.593. The van der Waals surface area contributed by atoms with Gasteiger partial charge in [-0.3, -0.25) is 0 Å². The van der Waals surface area contributed by atoms with Gasteiger partial charge in [-0.05, 0) is 79.9 Å². The molecule has 0 bridgehead atoms. The lowest BCUT2D eigenvalue weighted by atomic mass is 10.1. The molecule has 2 aromatic rings. The molecule has 1 aliphatic rings. The number of hydrogen-bond acceptors (Lipinski definition) is 3. The molecule has 0 amide bonds. The van der Waals surface area contributed by atoms with Crippen molar-refractivity contribution in [3.8, 4) is 5.75 Å². The van der Waals surface area contributed by atoms with Crippen LogP contribution in [-0.4, -0.2) is 31.9 Å². The first-order valence-corrected chi connectivity index (χ1v) is 9.47. The van der Waals surface area contributed by atoms with Gasteiger partial charge in [0.05, 0.1) is 7.11 Å². The first-order valence-electron chi connectivity index (χ1n) is 9.06. The van der Waals surface area contributed by atoms with Crippen molar-refractivity contribution in [2.24, 2.45) is 5.92 Å². The van der Waals surface area contributed by atoms with Crippen LogP contribution in [0.25, 0.3) is 0 Å². The van der Waals surface area contributed by atoms with Crippen LogP contribution in [0.15, 0.2) is 42.5 Å². The molecule has 1 fully saturated rings. The molecule has 0 radical (unpaired) electrons. The molecule has 2 aromatic carbocycles. The molecule has 0 aliphatic carbocycles. The summed E-state index contributed by atoms with van der Waals surface area (Å²) < 4.78 is 5.23. The molecule has 3 rings (SSSR count). The maximum atomic E-state index is 5.47. The topological polar surface area (TPSA) is 36.5 Å². The summed E-state index contributed by atoms with van der Waals surface area (Å²) in [7, 11) is 1.70. The lowest BCUT2D eigenvalue weighted by molar-refractivity contribution is 0.415. The highest BCUT2D eigenvalue weighted by molar-refractivity contribution is 7.80. The molecular weight excluding hydrogens is 342 g/mol. The largest absolute Gasteiger partial charge is 0.497 e. The number of ether oxygens (including phenoxy) is 1. The van der Waals surface area contributed by atoms with E-state index in [1.54, 1.807) is 7.11 Å². The van der Waals surface area contributed by atoms with Crippen molar-refractivity contribution < 1.29 is 4.74 Å². The zero-order valence-corrected chi connectivity index (χ0v) is 16.5. The third kappa shape index (κ3) is 4.67. The Morgan fingerprint density at radius 1 is 1.19 bits per heavy atom. The summed E-state index contributed by atoms with van der Waals surface area (Å²) in [6.07, 6.45) is 1.17. The van der Waals surface area contributed by atoms with Crippen molar-refractivity contribution in [1.29, 1.82) is 0 Å². The summed E-state index contributed by atoms with van der Waals surface area (Å²) in [4.78, 5) is 2.42. The van der Waals surface area contributed by atoms with Gasteiger partial charge in [0.2, 0.25) is 0 Å². The molecule has 1 atom stereocenters. The molecule has 4 nitrogen and oxygen atoms in total. The van der Waals surface area contributed by atoms with Crippen LogP contribution in [0, 0.1) is 19.8 Å². The standard InChI is InChI=1S/C21H27N3OS/c1-15-4-5-16(2)20(12-15)23-21(26)22-13-17-10-11-24(14-17)18-6-8-19(25-3)9-7-18/h4-9,12,17H,10-11,13-14H2,1-3H3,(H2,22,23,26)/t17-/m1/s1. The number of nitrogens with zero attached hydrogens (tertiary/aromatic N) is 1. The zero-order chi connectivity index (χ0) is 18.5. The van der Waals surface area contributed by atoms with Crippen LogP contribution in [0.3, 0.4) is 0 Å². The Bertz CT molecular complexity index is 760. The van der Waals surface area contributed by atoms with E-state index in [9.17, 15) is 0 Å². The van der Waals surface area contributed by atoms with Crippen molar-refractivity contribution in [2.45, 2.75) is 20.3 Å². The van der Waals surface area contributed by atoms with Gasteiger partial charge in [0, 0.05) is 31.0 Å². The van der Waals surface area contributed by atoms with E-state index in [0.717, 1.165) is 31.1 Å². The van der Waals surface area contributed by atoms with E-state index in [0.29, 0.717) is 11.0 Å². The highest BCUT2D eigenvalue weighted by Gasteiger charge is 2.22. The minimum atomic E-state index is 0.593. The number of methoxy groups -OCH3 is 1. The third-order valence-corrected chi connectivity index (χ3v) is 5.16.